The van der Waals surface area contributed by atoms with E-state index in [2.05, 4.69) is 11.5 Å². The average Bonchev–Trinajstić information content (AvgIpc) is 2.85. The van der Waals surface area contributed by atoms with Gasteiger partial charge in [-0.1, -0.05) is 18.2 Å². The number of esters is 1. The molecule has 0 amide bonds. The van der Waals surface area contributed by atoms with Gasteiger partial charge in [0.05, 0.1) is 24.2 Å². The fourth-order valence-electron chi connectivity index (χ4n) is 3.88. The molecule has 3 rings (SSSR count). The van der Waals surface area contributed by atoms with E-state index in [0.29, 0.717) is 18.4 Å². The van der Waals surface area contributed by atoms with Gasteiger partial charge in [-0.2, -0.15) is 0 Å². The number of carbonyl (C=O) groups excluding carboxylic acids is 1. The Labute approximate surface area is 142 Å². The molecule has 1 aliphatic rings. The molecule has 1 aromatic heterocycles. The molecule has 0 spiro atoms. The standard InChI is InChI=1S/C18H23NO4S/c1-12(14-8-10-24(21,22)11-9-14)19-13(2)17(18(20)23-3)15-6-4-5-7-16(15)19/h4-7,12,14H,8-11H2,1-3H3. The monoisotopic (exact) mass is 349 g/mol. The second-order valence-corrected chi connectivity index (χ2v) is 8.87. The second kappa shape index (κ2) is 6.24. The molecule has 6 heteroatoms. The Morgan fingerprint density at radius 3 is 2.50 bits per heavy atom. The molecule has 0 saturated carbocycles. The van der Waals surface area contributed by atoms with E-state index >= 15 is 0 Å². The van der Waals surface area contributed by atoms with Gasteiger partial charge in [-0.25, -0.2) is 13.2 Å². The highest BCUT2D eigenvalue weighted by Gasteiger charge is 2.31. The van der Waals surface area contributed by atoms with Crippen LogP contribution in [0.25, 0.3) is 10.9 Å². The predicted octanol–water partition coefficient (Wildman–Crippen LogP) is 3.12. The number of hydrogen-bond donors (Lipinski definition) is 0. The van der Waals surface area contributed by atoms with E-state index in [1.807, 2.05) is 31.2 Å². The Bertz CT molecular complexity index is 868. The maximum Gasteiger partial charge on any atom is 0.340 e. The molecule has 2 heterocycles. The molecule has 0 bridgehead atoms. The minimum absolute atomic E-state index is 0.129. The predicted molar refractivity (Wildman–Crippen MR) is 94.1 cm³/mol. The molecule has 1 fully saturated rings. The lowest BCUT2D eigenvalue weighted by molar-refractivity contribution is 0.0601. The zero-order chi connectivity index (χ0) is 17.5. The molecule has 1 unspecified atom stereocenters. The van der Waals surface area contributed by atoms with Crippen molar-refractivity contribution in [1.29, 1.82) is 0 Å². The molecular weight excluding hydrogens is 326 g/mol. The van der Waals surface area contributed by atoms with E-state index in [1.165, 1.54) is 7.11 Å². The Kier molecular flexibility index (Phi) is 4.42. The highest BCUT2D eigenvalue weighted by molar-refractivity contribution is 7.91. The van der Waals surface area contributed by atoms with Crippen molar-refractivity contribution in [3.8, 4) is 0 Å². The van der Waals surface area contributed by atoms with Crippen molar-refractivity contribution >= 4 is 26.7 Å². The van der Waals surface area contributed by atoms with Gasteiger partial charge < -0.3 is 9.30 Å². The van der Waals surface area contributed by atoms with Gasteiger partial charge >= 0.3 is 5.97 Å². The van der Waals surface area contributed by atoms with E-state index in [1.54, 1.807) is 0 Å². The number of para-hydroxylation sites is 1. The van der Waals surface area contributed by atoms with Gasteiger partial charge in [0.2, 0.25) is 0 Å². The summed E-state index contributed by atoms with van der Waals surface area (Å²) in [4.78, 5) is 12.2. The summed E-state index contributed by atoms with van der Waals surface area (Å²) in [5, 5.41) is 0.886. The molecule has 24 heavy (non-hydrogen) atoms. The summed E-state index contributed by atoms with van der Waals surface area (Å²) in [5.41, 5.74) is 2.48. The molecule has 1 saturated heterocycles. The van der Waals surface area contributed by atoms with E-state index in [9.17, 15) is 13.2 Å². The number of benzene rings is 1. The van der Waals surface area contributed by atoms with Gasteiger partial charge in [-0.15, -0.1) is 0 Å². The van der Waals surface area contributed by atoms with Crippen LogP contribution in [0.3, 0.4) is 0 Å². The van der Waals surface area contributed by atoms with E-state index in [-0.39, 0.29) is 29.4 Å². The molecule has 0 aliphatic carbocycles. The highest BCUT2D eigenvalue weighted by atomic mass is 32.2. The number of hydrogen-bond acceptors (Lipinski definition) is 4. The summed E-state index contributed by atoms with van der Waals surface area (Å²) in [7, 11) is -1.49. The second-order valence-electron chi connectivity index (χ2n) is 6.57. The first-order valence-electron chi connectivity index (χ1n) is 8.24. The SMILES string of the molecule is COC(=O)c1c(C)n(C(C)C2CCS(=O)(=O)CC2)c2ccccc12. The maximum absolute atomic E-state index is 12.2. The van der Waals surface area contributed by atoms with Crippen molar-refractivity contribution in [2.45, 2.75) is 32.7 Å². The third-order valence-electron chi connectivity index (χ3n) is 5.23. The summed E-state index contributed by atoms with van der Waals surface area (Å²) < 4.78 is 30.5. The van der Waals surface area contributed by atoms with Crippen LogP contribution in [-0.2, 0) is 14.6 Å². The van der Waals surface area contributed by atoms with Gasteiger partial charge in [0.1, 0.15) is 9.84 Å². The molecule has 130 valence electrons. The number of nitrogens with zero attached hydrogens (tertiary/aromatic N) is 1. The number of methoxy groups -OCH3 is 1. The van der Waals surface area contributed by atoms with Crippen LogP contribution in [0.15, 0.2) is 24.3 Å². The minimum Gasteiger partial charge on any atom is -0.465 e. The van der Waals surface area contributed by atoms with Gasteiger partial charge in [0.15, 0.2) is 0 Å². The van der Waals surface area contributed by atoms with Crippen LogP contribution in [0.4, 0.5) is 0 Å². The molecule has 5 nitrogen and oxygen atoms in total. The highest BCUT2D eigenvalue weighted by Crippen LogP contribution is 2.36. The fraction of sp³-hybridized carbons (Fsp3) is 0.500. The van der Waals surface area contributed by atoms with Gasteiger partial charge in [-0.3, -0.25) is 0 Å². The third kappa shape index (κ3) is 2.83. The zero-order valence-corrected chi connectivity index (χ0v) is 15.1. The first kappa shape index (κ1) is 17.0. The lowest BCUT2D eigenvalue weighted by Gasteiger charge is -2.30. The lowest BCUT2D eigenvalue weighted by Crippen LogP contribution is -2.29. The Morgan fingerprint density at radius 1 is 1.25 bits per heavy atom. The fourth-order valence-corrected chi connectivity index (χ4v) is 5.41. The summed E-state index contributed by atoms with van der Waals surface area (Å²) in [6.45, 7) is 4.05. The molecule has 1 aliphatic heterocycles. The van der Waals surface area contributed by atoms with Crippen LogP contribution in [0.2, 0.25) is 0 Å². The van der Waals surface area contributed by atoms with Crippen LogP contribution >= 0.6 is 0 Å². The van der Waals surface area contributed by atoms with Gasteiger partial charge in [0, 0.05) is 22.6 Å². The molecule has 0 radical (unpaired) electrons. The minimum atomic E-state index is -2.88. The number of carbonyl (C=O) groups is 1. The third-order valence-corrected chi connectivity index (χ3v) is 6.95. The summed E-state index contributed by atoms with van der Waals surface area (Å²) >= 11 is 0. The van der Waals surface area contributed by atoms with Crippen LogP contribution in [0.1, 0.15) is 41.9 Å². The normalized spacial score (nSPS) is 19.3. The molecule has 1 atom stereocenters. The first-order chi connectivity index (χ1) is 11.4. The number of sulfone groups is 1. The van der Waals surface area contributed by atoms with Crippen LogP contribution in [0, 0.1) is 12.8 Å². The van der Waals surface area contributed by atoms with Crippen molar-refractivity contribution < 1.29 is 17.9 Å². The van der Waals surface area contributed by atoms with E-state index < -0.39 is 9.84 Å². The van der Waals surface area contributed by atoms with Crippen LogP contribution in [0.5, 0.6) is 0 Å². The quantitative estimate of drug-likeness (QED) is 0.799. The van der Waals surface area contributed by atoms with Crippen molar-refractivity contribution in [2.24, 2.45) is 5.92 Å². The maximum atomic E-state index is 12.2. The topological polar surface area (TPSA) is 65.4 Å². The Morgan fingerprint density at radius 2 is 1.88 bits per heavy atom. The van der Waals surface area contributed by atoms with Gasteiger partial charge in [0.25, 0.3) is 0 Å². The lowest BCUT2D eigenvalue weighted by atomic mass is 9.94. The Balaban J connectivity index is 2.06. The Hall–Kier alpha value is -1.82. The van der Waals surface area contributed by atoms with Crippen LogP contribution in [-0.4, -0.2) is 37.6 Å². The molecular formula is C18H23NO4S. The summed E-state index contributed by atoms with van der Waals surface area (Å²) in [6, 6.07) is 7.94. The van der Waals surface area contributed by atoms with Gasteiger partial charge in [-0.05, 0) is 38.7 Å². The van der Waals surface area contributed by atoms with Crippen molar-refractivity contribution in [2.75, 3.05) is 18.6 Å². The number of ether oxygens (including phenoxy) is 1. The van der Waals surface area contributed by atoms with Crippen molar-refractivity contribution in [3.63, 3.8) is 0 Å². The van der Waals surface area contributed by atoms with Crippen LogP contribution < -0.4 is 0 Å². The summed E-state index contributed by atoms with van der Waals surface area (Å²) in [5.74, 6) is 0.461. The number of rotatable bonds is 3. The largest absolute Gasteiger partial charge is 0.465 e. The molecule has 1 aromatic carbocycles. The molecule has 0 N–H and O–H groups in total. The average molecular weight is 349 g/mol. The molecule has 2 aromatic rings. The van der Waals surface area contributed by atoms with Crippen molar-refractivity contribution in [3.05, 3.63) is 35.5 Å². The van der Waals surface area contributed by atoms with Crippen molar-refractivity contribution in [1.82, 2.24) is 4.57 Å². The first-order valence-corrected chi connectivity index (χ1v) is 10.1. The number of aromatic nitrogens is 1. The zero-order valence-electron chi connectivity index (χ0n) is 14.3. The number of fused-ring (bicyclic) bond motifs is 1. The van der Waals surface area contributed by atoms with E-state index in [4.69, 9.17) is 4.74 Å². The van der Waals surface area contributed by atoms with E-state index in [0.717, 1.165) is 16.6 Å². The summed E-state index contributed by atoms with van der Waals surface area (Å²) in [6.07, 6.45) is 1.34. The smallest absolute Gasteiger partial charge is 0.340 e.